The Morgan fingerprint density at radius 3 is 1.26 bits per heavy atom. The lowest BCUT2D eigenvalue weighted by Gasteiger charge is -2.36. The van der Waals surface area contributed by atoms with Gasteiger partial charge in [0.15, 0.2) is 11.2 Å². The van der Waals surface area contributed by atoms with Gasteiger partial charge < -0.3 is 18.6 Å². The van der Waals surface area contributed by atoms with E-state index in [1.54, 1.807) is 0 Å². The monoisotopic (exact) mass is 1050 g/mol. The molecule has 13 aromatic rings. The third-order valence-electron chi connectivity index (χ3n) is 17.3. The zero-order chi connectivity index (χ0) is 55.4. The second-order valence-electron chi connectivity index (χ2n) is 24.2. The van der Waals surface area contributed by atoms with Crippen molar-refractivity contribution in [3.05, 3.63) is 275 Å². The van der Waals surface area contributed by atoms with Crippen LogP contribution in [0.2, 0.25) is 0 Å². The van der Waals surface area contributed by atoms with Gasteiger partial charge in [-0.25, -0.2) is 0 Å². The molecule has 1 aliphatic carbocycles. The summed E-state index contributed by atoms with van der Waals surface area (Å²) in [4.78, 5) is 4.90. The minimum atomic E-state index is -0.780. The summed E-state index contributed by atoms with van der Waals surface area (Å²) in [6.07, 6.45) is 1.90. The molecule has 4 heteroatoms. The van der Waals surface area contributed by atoms with Gasteiger partial charge in [-0.3, -0.25) is 0 Å². The number of benzene rings is 11. The molecule has 0 N–H and O–H groups in total. The molecule has 0 fully saturated rings. The summed E-state index contributed by atoms with van der Waals surface area (Å²) in [5.74, 6) is 0. The second-order valence-corrected chi connectivity index (χ2v) is 24.2. The fourth-order valence-electron chi connectivity index (χ4n) is 13.4. The highest BCUT2D eigenvalue weighted by Crippen LogP contribution is 2.61. The predicted molar refractivity (Wildman–Crippen MR) is 341 cm³/mol. The smallest absolute Gasteiger partial charge is 0.159 e. The number of fused-ring (bicyclic) bond motifs is 11. The molecule has 2 aromatic heterocycles. The van der Waals surface area contributed by atoms with Gasteiger partial charge in [-0.1, -0.05) is 231 Å². The molecule has 0 unspecified atom stereocenters. The summed E-state index contributed by atoms with van der Waals surface area (Å²) in [5.41, 5.74) is 21.0. The zero-order valence-corrected chi connectivity index (χ0v) is 47.6. The summed E-state index contributed by atoms with van der Waals surface area (Å²) in [7, 11) is 0. The SMILES string of the molecule is CCc1ccc(N(c2ccc3c(c2)C(c2ccccc2)(c2ccccc2)c2cc(N(c4ccc(CC)cc4)c4cccc5c4oc4c(C(C)(C)C)cccc45)c4ccccc4c2-3)c2cccc3c2oc2c(C(C)(C)C)cccc23)cc1. The topological polar surface area (TPSA) is 32.8 Å². The summed E-state index contributed by atoms with van der Waals surface area (Å²) in [5, 5.41) is 6.78. The molecular weight excluding hydrogens is 985 g/mol. The van der Waals surface area contributed by atoms with Crippen LogP contribution < -0.4 is 9.80 Å². The average molecular weight is 1050 g/mol. The standard InChI is InChI=1S/C77H66N2O2/c1-9-49-37-41-53(42-38-49)78(67-35-21-31-60-58-29-19-33-63(75(3,4)5)71(58)80-73(60)67)55-45-46-62-65(47-55)77(51-23-13-11-14-24-51,52-25-15-12-16-26-52)66-48-69(56-27-17-18-28-57(56)70(62)66)79(54-43-39-50(10-2)40-44-54)68-36-22-32-61-59-30-20-34-64(76(6,7)8)72(59)81-74(61)68/h11-48H,9-10H2,1-8H3. The largest absolute Gasteiger partial charge is 0.454 e. The minimum absolute atomic E-state index is 0.117. The Kier molecular flexibility index (Phi) is 11.8. The van der Waals surface area contributed by atoms with Crippen molar-refractivity contribution in [1.29, 1.82) is 0 Å². The molecule has 14 rings (SSSR count). The number of aryl methyl sites for hydroxylation is 2. The van der Waals surface area contributed by atoms with Crippen LogP contribution in [-0.2, 0) is 29.1 Å². The van der Waals surface area contributed by atoms with Crippen LogP contribution in [-0.4, -0.2) is 0 Å². The van der Waals surface area contributed by atoms with Crippen molar-refractivity contribution in [2.24, 2.45) is 0 Å². The van der Waals surface area contributed by atoms with Crippen LogP contribution in [0, 0.1) is 0 Å². The van der Waals surface area contributed by atoms with Crippen LogP contribution in [0.1, 0.15) is 99.9 Å². The van der Waals surface area contributed by atoms with E-state index < -0.39 is 5.41 Å². The predicted octanol–water partition coefficient (Wildman–Crippen LogP) is 21.7. The molecule has 396 valence electrons. The van der Waals surface area contributed by atoms with Gasteiger partial charge in [-0.15, -0.1) is 0 Å². The molecule has 0 atom stereocenters. The van der Waals surface area contributed by atoms with Gasteiger partial charge in [0, 0.05) is 55.1 Å². The summed E-state index contributed by atoms with van der Waals surface area (Å²) in [6.45, 7) is 18.1. The van der Waals surface area contributed by atoms with Crippen LogP contribution in [0.25, 0.3) is 65.8 Å². The van der Waals surface area contributed by atoms with E-state index in [4.69, 9.17) is 8.83 Å². The van der Waals surface area contributed by atoms with Crippen molar-refractivity contribution in [3.63, 3.8) is 0 Å². The molecule has 0 spiro atoms. The van der Waals surface area contributed by atoms with Crippen molar-refractivity contribution in [3.8, 4) is 11.1 Å². The van der Waals surface area contributed by atoms with Crippen LogP contribution in [0.15, 0.2) is 239 Å². The Bertz CT molecular complexity index is 4510. The van der Waals surface area contributed by atoms with Gasteiger partial charge in [0.2, 0.25) is 0 Å². The maximum atomic E-state index is 7.28. The first-order valence-electron chi connectivity index (χ1n) is 28.9. The molecule has 11 aromatic carbocycles. The van der Waals surface area contributed by atoms with Crippen LogP contribution in [0.4, 0.5) is 34.1 Å². The molecule has 0 bridgehead atoms. The molecule has 0 saturated carbocycles. The van der Waals surface area contributed by atoms with Crippen LogP contribution in [0.5, 0.6) is 0 Å². The van der Waals surface area contributed by atoms with Gasteiger partial charge in [-0.2, -0.15) is 0 Å². The first kappa shape index (κ1) is 50.1. The van der Waals surface area contributed by atoms with Gasteiger partial charge in [0.25, 0.3) is 0 Å². The first-order chi connectivity index (χ1) is 39.4. The highest BCUT2D eigenvalue weighted by Gasteiger charge is 2.48. The quantitative estimate of drug-likeness (QED) is 0.137. The third-order valence-corrected chi connectivity index (χ3v) is 17.3. The Morgan fingerprint density at radius 1 is 0.346 bits per heavy atom. The lowest BCUT2D eigenvalue weighted by atomic mass is 9.67. The van der Waals surface area contributed by atoms with Crippen molar-refractivity contribution in [1.82, 2.24) is 0 Å². The fourth-order valence-corrected chi connectivity index (χ4v) is 13.4. The summed E-state index contributed by atoms with van der Waals surface area (Å²) >= 11 is 0. The molecule has 0 radical (unpaired) electrons. The molecule has 1 aliphatic rings. The normalized spacial score (nSPS) is 13.1. The highest BCUT2D eigenvalue weighted by atomic mass is 16.3. The number of para-hydroxylation sites is 4. The maximum Gasteiger partial charge on any atom is 0.159 e. The number of hydrogen-bond donors (Lipinski definition) is 0. The summed E-state index contributed by atoms with van der Waals surface area (Å²) < 4.78 is 14.5. The number of anilines is 6. The number of nitrogens with zero attached hydrogens (tertiary/aromatic N) is 2. The molecule has 4 nitrogen and oxygen atoms in total. The Balaban J connectivity index is 1.08. The van der Waals surface area contributed by atoms with Crippen molar-refractivity contribution >= 4 is 88.8 Å². The number of rotatable bonds is 10. The Labute approximate surface area is 475 Å². The minimum Gasteiger partial charge on any atom is -0.454 e. The molecule has 0 amide bonds. The molecule has 0 aliphatic heterocycles. The van der Waals surface area contributed by atoms with Gasteiger partial charge in [0.05, 0.1) is 22.5 Å². The second kappa shape index (κ2) is 19.0. The van der Waals surface area contributed by atoms with E-state index >= 15 is 0 Å². The highest BCUT2D eigenvalue weighted by molar-refractivity contribution is 6.16. The Hall–Kier alpha value is -9.12. The summed E-state index contributed by atoms with van der Waals surface area (Å²) in [6, 6.07) is 86.0. The molecular formula is C77H66N2O2. The fraction of sp³-hybridized carbons (Fsp3) is 0.169. The number of furan rings is 2. The molecule has 2 heterocycles. The van der Waals surface area contributed by atoms with E-state index in [2.05, 4.69) is 296 Å². The van der Waals surface area contributed by atoms with Crippen molar-refractivity contribution in [2.45, 2.75) is 84.5 Å². The van der Waals surface area contributed by atoms with Gasteiger partial charge >= 0.3 is 0 Å². The first-order valence-corrected chi connectivity index (χ1v) is 28.9. The molecule has 0 saturated heterocycles. The van der Waals surface area contributed by atoms with E-state index in [0.717, 1.165) is 96.2 Å². The van der Waals surface area contributed by atoms with Crippen molar-refractivity contribution < 1.29 is 8.83 Å². The third kappa shape index (κ3) is 7.86. The van der Waals surface area contributed by atoms with Gasteiger partial charge in [0.1, 0.15) is 11.2 Å². The lowest BCUT2D eigenvalue weighted by molar-refractivity contribution is 0.572. The van der Waals surface area contributed by atoms with Crippen LogP contribution in [0.3, 0.4) is 0 Å². The zero-order valence-electron chi connectivity index (χ0n) is 47.6. The van der Waals surface area contributed by atoms with Crippen molar-refractivity contribution in [2.75, 3.05) is 9.80 Å². The van der Waals surface area contributed by atoms with E-state index in [1.165, 1.54) is 61.0 Å². The number of hydrogen-bond acceptors (Lipinski definition) is 4. The average Bonchev–Trinajstić information content (AvgIpc) is 4.32. The molecule has 81 heavy (non-hydrogen) atoms. The Morgan fingerprint density at radius 2 is 0.765 bits per heavy atom. The van der Waals surface area contributed by atoms with Gasteiger partial charge in [-0.05, 0) is 128 Å². The van der Waals surface area contributed by atoms with E-state index in [-0.39, 0.29) is 10.8 Å². The maximum absolute atomic E-state index is 7.28. The van der Waals surface area contributed by atoms with E-state index in [1.807, 2.05) is 0 Å². The van der Waals surface area contributed by atoms with Crippen LogP contribution >= 0.6 is 0 Å². The van der Waals surface area contributed by atoms with E-state index in [0.29, 0.717) is 0 Å². The lowest BCUT2D eigenvalue weighted by Crippen LogP contribution is -2.29. The van der Waals surface area contributed by atoms with E-state index in [9.17, 15) is 0 Å².